The molecule has 0 saturated heterocycles. The summed E-state index contributed by atoms with van der Waals surface area (Å²) in [6.07, 6.45) is 0.968. The summed E-state index contributed by atoms with van der Waals surface area (Å²) in [5.41, 5.74) is 4.06. The number of rotatable bonds is 6. The maximum Gasteiger partial charge on any atom is 0.272 e. The molecular formula is C24H25ClN4O3. The molecule has 0 aliphatic carbocycles. The average Bonchev–Trinajstić information content (AvgIpc) is 3.15. The van der Waals surface area contributed by atoms with Crippen molar-refractivity contribution in [2.75, 3.05) is 13.7 Å². The molecule has 0 fully saturated rings. The zero-order valence-corrected chi connectivity index (χ0v) is 18.9. The van der Waals surface area contributed by atoms with E-state index < -0.39 is 0 Å². The Morgan fingerprint density at radius 3 is 2.47 bits per heavy atom. The Morgan fingerprint density at radius 2 is 1.78 bits per heavy atom. The number of methoxy groups -OCH3 is 1. The molecule has 2 heterocycles. The molecule has 1 N–H and O–H groups in total. The van der Waals surface area contributed by atoms with E-state index in [2.05, 4.69) is 10.4 Å². The van der Waals surface area contributed by atoms with Crippen LogP contribution in [-0.4, -0.2) is 40.1 Å². The number of halogens is 1. The van der Waals surface area contributed by atoms with Gasteiger partial charge in [-0.05, 0) is 35.4 Å². The maximum atomic E-state index is 12.9. The summed E-state index contributed by atoms with van der Waals surface area (Å²) in [5, 5.41) is 8.02. The fraction of sp³-hybridized carbons (Fsp3) is 0.292. The molecule has 166 valence electrons. The smallest absolute Gasteiger partial charge is 0.272 e. The number of hydrogen-bond donors (Lipinski definition) is 1. The van der Waals surface area contributed by atoms with E-state index in [-0.39, 0.29) is 11.8 Å². The van der Waals surface area contributed by atoms with Gasteiger partial charge in [-0.3, -0.25) is 14.3 Å². The molecule has 0 saturated carbocycles. The SMILES string of the molecule is COc1ccc(CC(=O)N2CCc3c(c(C(=O)NCc4ccc(Cl)cc4)nn3C)C2)cc1. The fourth-order valence-electron chi connectivity index (χ4n) is 3.89. The molecule has 7 nitrogen and oxygen atoms in total. The predicted octanol–water partition coefficient (Wildman–Crippen LogP) is 3.14. The summed E-state index contributed by atoms with van der Waals surface area (Å²) in [6, 6.07) is 14.8. The van der Waals surface area contributed by atoms with E-state index in [9.17, 15) is 9.59 Å². The van der Waals surface area contributed by atoms with Gasteiger partial charge in [0.25, 0.3) is 5.91 Å². The molecule has 32 heavy (non-hydrogen) atoms. The van der Waals surface area contributed by atoms with E-state index in [0.29, 0.717) is 43.2 Å². The summed E-state index contributed by atoms with van der Waals surface area (Å²) in [4.78, 5) is 27.6. The Bertz CT molecular complexity index is 1120. The summed E-state index contributed by atoms with van der Waals surface area (Å²) in [7, 11) is 3.45. The highest BCUT2D eigenvalue weighted by Gasteiger charge is 2.29. The van der Waals surface area contributed by atoms with Gasteiger partial charge < -0.3 is 15.0 Å². The Kier molecular flexibility index (Phi) is 6.46. The van der Waals surface area contributed by atoms with Crippen LogP contribution in [-0.2, 0) is 37.8 Å². The highest BCUT2D eigenvalue weighted by Crippen LogP contribution is 2.23. The quantitative estimate of drug-likeness (QED) is 0.623. The number of carbonyl (C=O) groups is 2. The van der Waals surface area contributed by atoms with Gasteiger partial charge in [-0.2, -0.15) is 5.10 Å². The molecule has 3 aromatic rings. The molecule has 8 heteroatoms. The van der Waals surface area contributed by atoms with E-state index in [4.69, 9.17) is 16.3 Å². The molecule has 0 unspecified atom stereocenters. The lowest BCUT2D eigenvalue weighted by Crippen LogP contribution is -2.38. The van der Waals surface area contributed by atoms with Crippen molar-refractivity contribution >= 4 is 23.4 Å². The van der Waals surface area contributed by atoms with Crippen LogP contribution in [0.25, 0.3) is 0 Å². The van der Waals surface area contributed by atoms with Crippen molar-refractivity contribution in [3.05, 3.63) is 81.6 Å². The number of amides is 2. The second-order valence-electron chi connectivity index (χ2n) is 7.80. The van der Waals surface area contributed by atoms with Crippen LogP contribution in [0.3, 0.4) is 0 Å². The minimum atomic E-state index is -0.249. The van der Waals surface area contributed by atoms with Crippen LogP contribution in [0.15, 0.2) is 48.5 Å². The molecule has 0 spiro atoms. The monoisotopic (exact) mass is 452 g/mol. The molecule has 0 radical (unpaired) electrons. The standard InChI is InChI=1S/C24H25ClN4O3/c1-28-21-11-12-29(22(30)13-16-5-9-19(32-2)10-6-16)15-20(21)23(27-28)24(31)26-14-17-3-7-18(25)8-4-17/h3-10H,11-15H2,1-2H3,(H,26,31). The van der Waals surface area contributed by atoms with E-state index in [1.807, 2.05) is 43.4 Å². The molecule has 0 atom stereocenters. The van der Waals surface area contributed by atoms with E-state index in [1.54, 1.807) is 28.8 Å². The third kappa shape index (κ3) is 4.78. The number of aryl methyl sites for hydroxylation is 1. The van der Waals surface area contributed by atoms with Crippen LogP contribution in [0.1, 0.15) is 32.9 Å². The number of carbonyl (C=O) groups excluding carboxylic acids is 2. The second kappa shape index (κ2) is 9.44. The number of ether oxygens (including phenoxy) is 1. The lowest BCUT2D eigenvalue weighted by molar-refractivity contribution is -0.131. The lowest BCUT2D eigenvalue weighted by Gasteiger charge is -2.27. The van der Waals surface area contributed by atoms with E-state index in [1.165, 1.54) is 0 Å². The van der Waals surface area contributed by atoms with Crippen LogP contribution in [0.4, 0.5) is 0 Å². The Hall–Kier alpha value is -3.32. The average molecular weight is 453 g/mol. The molecule has 1 aliphatic rings. The van der Waals surface area contributed by atoms with Gasteiger partial charge in [0, 0.05) is 49.4 Å². The largest absolute Gasteiger partial charge is 0.497 e. The van der Waals surface area contributed by atoms with Crippen LogP contribution in [0.5, 0.6) is 5.75 Å². The van der Waals surface area contributed by atoms with Crippen LogP contribution in [0.2, 0.25) is 5.02 Å². The number of aromatic nitrogens is 2. The van der Waals surface area contributed by atoms with Gasteiger partial charge >= 0.3 is 0 Å². The first kappa shape index (κ1) is 21.9. The van der Waals surface area contributed by atoms with E-state index in [0.717, 1.165) is 28.1 Å². The Morgan fingerprint density at radius 1 is 1.09 bits per heavy atom. The number of nitrogens with zero attached hydrogens (tertiary/aromatic N) is 3. The van der Waals surface area contributed by atoms with Crippen LogP contribution in [0, 0.1) is 0 Å². The predicted molar refractivity (Wildman–Crippen MR) is 122 cm³/mol. The van der Waals surface area contributed by atoms with Crippen molar-refractivity contribution in [2.24, 2.45) is 7.05 Å². The van der Waals surface area contributed by atoms with Gasteiger partial charge in [0.2, 0.25) is 5.91 Å². The van der Waals surface area contributed by atoms with Crippen molar-refractivity contribution in [3.8, 4) is 5.75 Å². The summed E-state index contributed by atoms with van der Waals surface area (Å²) >= 11 is 5.92. The second-order valence-corrected chi connectivity index (χ2v) is 8.23. The molecule has 4 rings (SSSR count). The Balaban J connectivity index is 1.44. The first-order chi connectivity index (χ1) is 15.4. The van der Waals surface area contributed by atoms with Crippen molar-refractivity contribution in [3.63, 3.8) is 0 Å². The zero-order chi connectivity index (χ0) is 22.7. The van der Waals surface area contributed by atoms with E-state index >= 15 is 0 Å². The van der Waals surface area contributed by atoms with Gasteiger partial charge in [-0.25, -0.2) is 0 Å². The van der Waals surface area contributed by atoms with Crippen LogP contribution >= 0.6 is 11.6 Å². The zero-order valence-electron chi connectivity index (χ0n) is 18.1. The number of nitrogens with one attached hydrogen (secondary N) is 1. The number of benzene rings is 2. The summed E-state index contributed by atoms with van der Waals surface area (Å²) in [6.45, 7) is 1.36. The molecule has 0 bridgehead atoms. The molecule has 1 aromatic heterocycles. The number of fused-ring (bicyclic) bond motifs is 1. The lowest BCUT2D eigenvalue weighted by atomic mass is 10.0. The highest BCUT2D eigenvalue weighted by molar-refractivity contribution is 6.30. The van der Waals surface area contributed by atoms with Gasteiger partial charge in [-0.15, -0.1) is 0 Å². The fourth-order valence-corrected chi connectivity index (χ4v) is 4.01. The van der Waals surface area contributed by atoms with Crippen molar-refractivity contribution in [1.29, 1.82) is 0 Å². The topological polar surface area (TPSA) is 76.5 Å². The summed E-state index contributed by atoms with van der Waals surface area (Å²) < 4.78 is 6.92. The van der Waals surface area contributed by atoms with Crippen molar-refractivity contribution in [1.82, 2.24) is 20.0 Å². The van der Waals surface area contributed by atoms with Gasteiger partial charge in [0.1, 0.15) is 5.75 Å². The van der Waals surface area contributed by atoms with Crippen molar-refractivity contribution < 1.29 is 14.3 Å². The number of hydrogen-bond acceptors (Lipinski definition) is 4. The third-order valence-corrected chi connectivity index (χ3v) is 5.94. The summed E-state index contributed by atoms with van der Waals surface area (Å²) in [5.74, 6) is 0.534. The molecule has 1 aliphatic heterocycles. The normalized spacial score (nSPS) is 12.9. The molecular weight excluding hydrogens is 428 g/mol. The molecule has 2 aromatic carbocycles. The third-order valence-electron chi connectivity index (χ3n) is 5.69. The minimum absolute atomic E-state index is 0.0252. The first-order valence-corrected chi connectivity index (χ1v) is 10.8. The maximum absolute atomic E-state index is 12.9. The van der Waals surface area contributed by atoms with Crippen LogP contribution < -0.4 is 10.1 Å². The van der Waals surface area contributed by atoms with Crippen molar-refractivity contribution in [2.45, 2.75) is 25.9 Å². The highest BCUT2D eigenvalue weighted by atomic mass is 35.5. The molecule has 2 amide bonds. The Labute approximate surface area is 191 Å². The van der Waals surface area contributed by atoms with Gasteiger partial charge in [-0.1, -0.05) is 35.9 Å². The van der Waals surface area contributed by atoms with Gasteiger partial charge in [0.05, 0.1) is 13.5 Å². The van der Waals surface area contributed by atoms with Gasteiger partial charge in [0.15, 0.2) is 5.69 Å². The first-order valence-electron chi connectivity index (χ1n) is 10.4. The minimum Gasteiger partial charge on any atom is -0.497 e.